The molecule has 17 heteroatoms. The maximum Gasteiger partial charge on any atom is 0.436 e. The molecule has 190 valence electrons. The van der Waals surface area contributed by atoms with E-state index in [1.165, 1.54) is 25.2 Å². The van der Waals surface area contributed by atoms with Crippen LogP contribution in [0.25, 0.3) is 22.3 Å². The van der Waals surface area contributed by atoms with Crippen molar-refractivity contribution in [3.05, 3.63) is 53.4 Å². The Kier molecular flexibility index (Phi) is 7.35. The standard InChI is InChI=1S/C19H22N8O6P2S/c28-19-16-18(22-9-23-19)27(10-24-16)15-2-1-12(33-15)6-32-35(29,36)31-4-3-26-14(7-30-11-34)25-13-5-20-8-21-17(13)26/h5-6,8-10,15H,1-4,7,11,34H2,(H,29,36)(H,22,23,28)/b12-6-. The Morgan fingerprint density at radius 1 is 1.33 bits per heavy atom. The molecule has 36 heavy (non-hydrogen) atoms. The van der Waals surface area contributed by atoms with Gasteiger partial charge in [-0.3, -0.25) is 13.9 Å². The summed E-state index contributed by atoms with van der Waals surface area (Å²) in [6, 6.07) is 0. The maximum atomic E-state index is 12.7. The van der Waals surface area contributed by atoms with E-state index in [0.29, 0.717) is 54.1 Å². The van der Waals surface area contributed by atoms with E-state index in [1.54, 1.807) is 10.8 Å². The van der Waals surface area contributed by atoms with E-state index in [1.807, 2.05) is 4.57 Å². The first-order valence-corrected chi connectivity index (χ1v) is 14.3. The fraction of sp³-hybridized carbons (Fsp3) is 0.368. The van der Waals surface area contributed by atoms with Crippen LogP contribution in [0.1, 0.15) is 24.9 Å². The van der Waals surface area contributed by atoms with Crippen LogP contribution in [0, 0.1) is 0 Å². The molecule has 3 unspecified atom stereocenters. The predicted octanol–water partition coefficient (Wildman–Crippen LogP) is 2.53. The summed E-state index contributed by atoms with van der Waals surface area (Å²) in [5.74, 6) is 1.10. The molecule has 0 aromatic carbocycles. The number of H-pyrrole nitrogens is 1. The summed E-state index contributed by atoms with van der Waals surface area (Å²) in [7, 11) is 2.48. The number of aromatic amines is 1. The Morgan fingerprint density at radius 2 is 2.22 bits per heavy atom. The summed E-state index contributed by atoms with van der Waals surface area (Å²) in [6.07, 6.45) is 8.21. The smallest absolute Gasteiger partial charge is 0.436 e. The molecule has 0 bridgehead atoms. The summed E-state index contributed by atoms with van der Waals surface area (Å²) in [6.45, 7) is -3.13. The molecule has 1 aliphatic heterocycles. The predicted molar refractivity (Wildman–Crippen MR) is 134 cm³/mol. The second-order valence-electron chi connectivity index (χ2n) is 7.58. The normalized spacial score (nSPS) is 18.6. The number of hydrogen-bond acceptors (Lipinski definition) is 11. The van der Waals surface area contributed by atoms with E-state index >= 15 is 0 Å². The second-order valence-corrected chi connectivity index (χ2v) is 10.8. The number of thiol groups is 1. The van der Waals surface area contributed by atoms with E-state index in [9.17, 15) is 9.36 Å². The Labute approximate surface area is 211 Å². The van der Waals surface area contributed by atoms with Gasteiger partial charge in [-0.2, -0.15) is 0 Å². The van der Waals surface area contributed by atoms with E-state index < -0.39 is 13.0 Å². The number of imidazole rings is 2. The summed E-state index contributed by atoms with van der Waals surface area (Å²) < 4.78 is 38.3. The molecule has 0 saturated carbocycles. The molecule has 4 aromatic heterocycles. The molecule has 14 nitrogen and oxygen atoms in total. The molecule has 5 rings (SSSR count). The van der Waals surface area contributed by atoms with Gasteiger partial charge in [0.15, 0.2) is 23.0 Å². The van der Waals surface area contributed by atoms with Gasteiger partial charge in [0.2, 0.25) is 0 Å². The zero-order chi connectivity index (χ0) is 25.1. The van der Waals surface area contributed by atoms with Crippen LogP contribution in [0.15, 0.2) is 42.0 Å². The zero-order valence-corrected chi connectivity index (χ0v) is 21.7. The SMILES string of the molecule is O=c1[nH]cnc2c1ncn2C1CC/C(=C/OP(=O)(S)OCCn2c(COCP)nc3cncnc32)O1. The lowest BCUT2D eigenvalue weighted by atomic mass is 10.3. The van der Waals surface area contributed by atoms with Crippen LogP contribution >= 0.6 is 28.3 Å². The monoisotopic (exact) mass is 552 g/mol. The molecular formula is C19H22N8O6P2S. The van der Waals surface area contributed by atoms with Crippen LogP contribution in [0.3, 0.4) is 0 Å². The Morgan fingerprint density at radius 3 is 3.08 bits per heavy atom. The summed E-state index contributed by atoms with van der Waals surface area (Å²) in [5.41, 5.74) is 1.54. The number of allylic oxidation sites excluding steroid dienone is 1. The Hall–Kier alpha value is -2.83. The fourth-order valence-corrected chi connectivity index (χ4v) is 4.87. The van der Waals surface area contributed by atoms with Crippen molar-refractivity contribution in [3.63, 3.8) is 0 Å². The lowest BCUT2D eigenvalue weighted by molar-refractivity contribution is 0.0965. The molecule has 0 amide bonds. The molecule has 3 atom stereocenters. The summed E-state index contributed by atoms with van der Waals surface area (Å²) in [5, 5.41) is 0. The first-order chi connectivity index (χ1) is 17.4. The second kappa shape index (κ2) is 10.7. The van der Waals surface area contributed by atoms with Gasteiger partial charge in [0.05, 0.1) is 25.5 Å². The quantitative estimate of drug-likeness (QED) is 0.169. The third-order valence-electron chi connectivity index (χ3n) is 5.33. The third kappa shape index (κ3) is 5.30. The van der Waals surface area contributed by atoms with Crippen molar-refractivity contribution in [2.45, 2.75) is 32.2 Å². The highest BCUT2D eigenvalue weighted by atomic mass is 32.7. The molecule has 1 aliphatic rings. The van der Waals surface area contributed by atoms with Crippen LogP contribution in [0.4, 0.5) is 0 Å². The maximum absolute atomic E-state index is 12.7. The topological polar surface area (TPSA) is 161 Å². The van der Waals surface area contributed by atoms with Gasteiger partial charge >= 0.3 is 6.80 Å². The minimum absolute atomic E-state index is 0.0258. The highest BCUT2D eigenvalue weighted by Crippen LogP contribution is 2.53. The lowest BCUT2D eigenvalue weighted by Crippen LogP contribution is -2.10. The van der Waals surface area contributed by atoms with Crippen molar-refractivity contribution in [3.8, 4) is 0 Å². The van der Waals surface area contributed by atoms with Gasteiger partial charge in [0.1, 0.15) is 42.6 Å². The van der Waals surface area contributed by atoms with E-state index in [0.717, 1.165) is 0 Å². The molecule has 0 radical (unpaired) electrons. The summed E-state index contributed by atoms with van der Waals surface area (Å²) >= 11 is 4.06. The molecule has 0 spiro atoms. The van der Waals surface area contributed by atoms with Gasteiger partial charge in [-0.25, -0.2) is 29.5 Å². The number of hydrogen-bond donors (Lipinski definition) is 2. The minimum Gasteiger partial charge on any atom is -0.471 e. The number of nitrogens with zero attached hydrogens (tertiary/aromatic N) is 7. The Balaban J connectivity index is 1.19. The van der Waals surface area contributed by atoms with Crippen molar-refractivity contribution in [2.24, 2.45) is 0 Å². The molecular weight excluding hydrogens is 530 g/mol. The highest BCUT2D eigenvalue weighted by Gasteiger charge is 2.27. The van der Waals surface area contributed by atoms with Crippen molar-refractivity contribution < 1.29 is 23.1 Å². The molecule has 1 saturated heterocycles. The molecule has 1 fully saturated rings. The first-order valence-electron chi connectivity index (χ1n) is 10.8. The average Bonchev–Trinajstić information content (AvgIpc) is 3.59. The van der Waals surface area contributed by atoms with Crippen LogP contribution in [0.2, 0.25) is 0 Å². The highest BCUT2D eigenvalue weighted by molar-refractivity contribution is 8.44. The number of fused-ring (bicyclic) bond motifs is 2. The van der Waals surface area contributed by atoms with Crippen molar-refractivity contribution in [1.82, 2.24) is 39.0 Å². The van der Waals surface area contributed by atoms with E-state index in [4.69, 9.17) is 18.5 Å². The average molecular weight is 552 g/mol. The number of aromatic nitrogens is 8. The third-order valence-corrected chi connectivity index (χ3v) is 7.07. The molecule has 4 aromatic rings. The van der Waals surface area contributed by atoms with Gasteiger partial charge in [-0.15, -0.1) is 9.24 Å². The van der Waals surface area contributed by atoms with Crippen LogP contribution < -0.4 is 5.56 Å². The van der Waals surface area contributed by atoms with Crippen molar-refractivity contribution >= 4 is 50.6 Å². The zero-order valence-electron chi connectivity index (χ0n) is 18.8. The van der Waals surface area contributed by atoms with Crippen molar-refractivity contribution in [1.29, 1.82) is 0 Å². The number of nitrogens with one attached hydrogen (secondary N) is 1. The molecule has 5 heterocycles. The first kappa shape index (κ1) is 24.8. The van der Waals surface area contributed by atoms with Gasteiger partial charge < -0.3 is 23.5 Å². The van der Waals surface area contributed by atoms with E-state index in [2.05, 4.69) is 51.4 Å². The molecule has 0 aliphatic carbocycles. The fourth-order valence-electron chi connectivity index (χ4n) is 3.74. The van der Waals surface area contributed by atoms with Gasteiger partial charge in [-0.1, -0.05) is 0 Å². The van der Waals surface area contributed by atoms with Crippen LogP contribution in [0.5, 0.6) is 0 Å². The molecule has 1 N–H and O–H groups in total. The van der Waals surface area contributed by atoms with Crippen LogP contribution in [-0.2, 0) is 36.2 Å². The summed E-state index contributed by atoms with van der Waals surface area (Å²) in [4.78, 5) is 35.3. The van der Waals surface area contributed by atoms with Gasteiger partial charge in [0.25, 0.3) is 5.56 Å². The number of ether oxygens (including phenoxy) is 2. The number of rotatable bonds is 10. The van der Waals surface area contributed by atoms with Gasteiger partial charge in [-0.05, 0) is 12.2 Å². The van der Waals surface area contributed by atoms with Gasteiger partial charge in [0, 0.05) is 19.4 Å². The van der Waals surface area contributed by atoms with E-state index in [-0.39, 0.29) is 24.3 Å². The Bertz CT molecular complexity index is 1520. The lowest BCUT2D eigenvalue weighted by Gasteiger charge is -2.14. The largest absolute Gasteiger partial charge is 0.471 e. The van der Waals surface area contributed by atoms with Crippen molar-refractivity contribution in [2.75, 3.05) is 13.0 Å². The van der Waals surface area contributed by atoms with Crippen LogP contribution in [-0.4, -0.2) is 52.0 Å². The minimum atomic E-state index is -3.73.